The predicted molar refractivity (Wildman–Crippen MR) is 61.7 cm³/mol. The van der Waals surface area contributed by atoms with E-state index in [1.54, 1.807) is 0 Å². The van der Waals surface area contributed by atoms with E-state index in [9.17, 15) is 0 Å². The third kappa shape index (κ3) is 1.36. The van der Waals surface area contributed by atoms with E-state index in [1.807, 2.05) is 25.1 Å². The fourth-order valence-corrected chi connectivity index (χ4v) is 2.64. The Balaban J connectivity index is 2.10. The minimum absolute atomic E-state index is 0.272. The fourth-order valence-electron chi connectivity index (χ4n) is 2.29. The van der Waals surface area contributed by atoms with Crippen LogP contribution >= 0.6 is 12.2 Å². The van der Waals surface area contributed by atoms with Crippen molar-refractivity contribution in [2.75, 3.05) is 0 Å². The first-order valence-corrected chi connectivity index (χ1v) is 5.44. The molecular weight excluding hydrogens is 208 g/mol. The fraction of sp³-hybridized carbons (Fsp3) is 0.364. The maximum Gasteiger partial charge on any atom is 0.181 e. The van der Waals surface area contributed by atoms with Crippen LogP contribution in [0.15, 0.2) is 24.3 Å². The van der Waals surface area contributed by atoms with Crippen molar-refractivity contribution in [3.63, 3.8) is 0 Å². The Morgan fingerprint density at radius 2 is 2.27 bits per heavy atom. The number of rotatable bonds is 0. The van der Waals surface area contributed by atoms with E-state index in [-0.39, 0.29) is 11.8 Å². The maximum absolute atomic E-state index is 5.92. The molecule has 2 atom stereocenters. The van der Waals surface area contributed by atoms with Crippen LogP contribution in [0.3, 0.4) is 0 Å². The lowest BCUT2D eigenvalue weighted by Crippen LogP contribution is -2.62. The molecule has 0 spiro atoms. The number of benzene rings is 1. The second kappa shape index (κ2) is 2.85. The Kier molecular flexibility index (Phi) is 1.71. The van der Waals surface area contributed by atoms with Gasteiger partial charge in [0.1, 0.15) is 5.75 Å². The number of hydrogen-bond acceptors (Lipinski definition) is 2. The van der Waals surface area contributed by atoms with Crippen LogP contribution in [-0.4, -0.2) is 10.8 Å². The van der Waals surface area contributed by atoms with Gasteiger partial charge in [-0.05, 0) is 25.2 Å². The standard InChI is InChI=1S/C11H12N2OS/c1-11-6-8(12-10(15)13-11)7-4-2-3-5-9(7)14-11/h2-5,8H,6H2,1H3,(H2,12,13,15)/t8-,11-/m1/s1. The number of hydrogen-bond donors (Lipinski definition) is 2. The highest BCUT2D eigenvalue weighted by atomic mass is 32.1. The van der Waals surface area contributed by atoms with Gasteiger partial charge in [-0.15, -0.1) is 0 Å². The van der Waals surface area contributed by atoms with Crippen molar-refractivity contribution < 1.29 is 4.74 Å². The molecule has 0 radical (unpaired) electrons. The molecule has 0 aliphatic carbocycles. The van der Waals surface area contributed by atoms with Crippen LogP contribution in [0, 0.1) is 0 Å². The molecule has 1 fully saturated rings. The molecule has 3 nitrogen and oxygen atoms in total. The number of ether oxygens (including phenoxy) is 1. The zero-order chi connectivity index (χ0) is 10.5. The summed E-state index contributed by atoms with van der Waals surface area (Å²) in [5, 5.41) is 7.10. The van der Waals surface area contributed by atoms with Crippen LogP contribution in [0.25, 0.3) is 0 Å². The quantitative estimate of drug-likeness (QED) is 0.652. The van der Waals surface area contributed by atoms with Crippen LogP contribution in [-0.2, 0) is 0 Å². The highest BCUT2D eigenvalue weighted by Gasteiger charge is 2.41. The van der Waals surface area contributed by atoms with Crippen LogP contribution in [0.4, 0.5) is 0 Å². The lowest BCUT2D eigenvalue weighted by molar-refractivity contribution is 0.0251. The van der Waals surface area contributed by atoms with E-state index < -0.39 is 0 Å². The molecule has 15 heavy (non-hydrogen) atoms. The molecule has 0 unspecified atom stereocenters. The van der Waals surface area contributed by atoms with Crippen LogP contribution < -0.4 is 15.4 Å². The Bertz CT molecular complexity index is 434. The van der Waals surface area contributed by atoms with E-state index in [0.717, 1.165) is 12.2 Å². The average molecular weight is 220 g/mol. The summed E-state index contributed by atoms with van der Waals surface area (Å²) in [4.78, 5) is 0. The van der Waals surface area contributed by atoms with E-state index in [1.165, 1.54) is 5.56 Å². The van der Waals surface area contributed by atoms with Gasteiger partial charge in [0.25, 0.3) is 0 Å². The lowest BCUT2D eigenvalue weighted by Gasteiger charge is -2.45. The van der Waals surface area contributed by atoms with E-state index >= 15 is 0 Å². The highest BCUT2D eigenvalue weighted by molar-refractivity contribution is 7.80. The van der Waals surface area contributed by atoms with Gasteiger partial charge >= 0.3 is 0 Å². The van der Waals surface area contributed by atoms with Crippen molar-refractivity contribution in [2.45, 2.75) is 25.1 Å². The Morgan fingerprint density at radius 3 is 3.13 bits per heavy atom. The van der Waals surface area contributed by atoms with Gasteiger partial charge in [-0.25, -0.2) is 0 Å². The van der Waals surface area contributed by atoms with Gasteiger partial charge in [0.05, 0.1) is 6.04 Å². The molecule has 3 rings (SSSR count). The molecule has 1 saturated heterocycles. The number of fused-ring (bicyclic) bond motifs is 4. The molecule has 0 saturated carbocycles. The van der Waals surface area contributed by atoms with Crippen LogP contribution in [0.2, 0.25) is 0 Å². The summed E-state index contributed by atoms with van der Waals surface area (Å²) in [7, 11) is 0. The molecule has 2 N–H and O–H groups in total. The second-order valence-corrected chi connectivity index (χ2v) is 4.63. The van der Waals surface area contributed by atoms with E-state index in [2.05, 4.69) is 16.7 Å². The molecule has 1 aromatic carbocycles. The molecular formula is C11H12N2OS. The van der Waals surface area contributed by atoms with Gasteiger partial charge in [0.15, 0.2) is 10.8 Å². The predicted octanol–water partition coefficient (Wildman–Crippen LogP) is 1.70. The maximum atomic E-state index is 5.92. The third-order valence-corrected chi connectivity index (χ3v) is 3.13. The van der Waals surface area contributed by atoms with Crippen molar-refractivity contribution in [3.05, 3.63) is 29.8 Å². The summed E-state index contributed by atoms with van der Waals surface area (Å²) in [5.74, 6) is 0.943. The molecule has 2 aliphatic heterocycles. The van der Waals surface area contributed by atoms with Crippen molar-refractivity contribution in [1.29, 1.82) is 0 Å². The Morgan fingerprint density at radius 1 is 1.47 bits per heavy atom. The summed E-state index contributed by atoms with van der Waals surface area (Å²) in [6.45, 7) is 2.03. The van der Waals surface area contributed by atoms with Crippen LogP contribution in [0.5, 0.6) is 5.75 Å². The molecule has 1 aromatic rings. The van der Waals surface area contributed by atoms with E-state index in [0.29, 0.717) is 5.11 Å². The first kappa shape index (κ1) is 8.97. The van der Waals surface area contributed by atoms with Crippen molar-refractivity contribution >= 4 is 17.3 Å². The third-order valence-electron chi connectivity index (χ3n) is 2.91. The first-order chi connectivity index (χ1) is 7.16. The Hall–Kier alpha value is -1.29. The zero-order valence-corrected chi connectivity index (χ0v) is 9.23. The van der Waals surface area contributed by atoms with Gasteiger partial charge in [0.2, 0.25) is 0 Å². The normalized spacial score (nSPS) is 32.1. The van der Waals surface area contributed by atoms with Gasteiger partial charge in [-0.2, -0.15) is 0 Å². The van der Waals surface area contributed by atoms with Gasteiger partial charge in [-0.3, -0.25) is 0 Å². The van der Waals surface area contributed by atoms with E-state index in [4.69, 9.17) is 17.0 Å². The lowest BCUT2D eigenvalue weighted by atomic mass is 9.92. The molecule has 4 heteroatoms. The largest absolute Gasteiger partial charge is 0.468 e. The average Bonchev–Trinajstić information content (AvgIpc) is 2.15. The molecule has 2 bridgehead atoms. The Labute approximate surface area is 93.8 Å². The summed E-state index contributed by atoms with van der Waals surface area (Å²) < 4.78 is 5.92. The number of nitrogens with one attached hydrogen (secondary N) is 2. The topological polar surface area (TPSA) is 33.3 Å². The SMILES string of the molecule is C[C@@]12C[C@@H](NC(=S)N1)c1ccccc1O2. The summed E-state index contributed by atoms with van der Waals surface area (Å²) in [6.07, 6.45) is 0.893. The molecule has 78 valence electrons. The monoisotopic (exact) mass is 220 g/mol. The molecule has 0 aromatic heterocycles. The number of thiocarbonyl (C=S) groups is 1. The van der Waals surface area contributed by atoms with Crippen molar-refractivity contribution in [1.82, 2.24) is 10.6 Å². The molecule has 2 aliphatic rings. The first-order valence-electron chi connectivity index (χ1n) is 5.03. The molecule has 0 amide bonds. The van der Waals surface area contributed by atoms with Crippen molar-refractivity contribution in [2.24, 2.45) is 0 Å². The van der Waals surface area contributed by atoms with Crippen molar-refractivity contribution in [3.8, 4) is 5.75 Å². The smallest absolute Gasteiger partial charge is 0.181 e. The van der Waals surface area contributed by atoms with Gasteiger partial charge < -0.3 is 15.4 Å². The minimum atomic E-state index is -0.360. The number of para-hydroxylation sites is 1. The second-order valence-electron chi connectivity index (χ2n) is 4.23. The van der Waals surface area contributed by atoms with Crippen LogP contribution in [0.1, 0.15) is 24.9 Å². The molecule has 2 heterocycles. The zero-order valence-electron chi connectivity index (χ0n) is 8.41. The minimum Gasteiger partial charge on any atom is -0.468 e. The van der Waals surface area contributed by atoms with Gasteiger partial charge in [-0.1, -0.05) is 18.2 Å². The summed E-state index contributed by atoms with van der Waals surface area (Å²) in [6, 6.07) is 8.37. The van der Waals surface area contributed by atoms with Gasteiger partial charge in [0, 0.05) is 12.0 Å². The summed E-state index contributed by atoms with van der Waals surface area (Å²) >= 11 is 5.16. The summed E-state index contributed by atoms with van der Waals surface area (Å²) in [5.41, 5.74) is 0.834. The highest BCUT2D eigenvalue weighted by Crippen LogP contribution is 2.39.